The number of anilines is 2. The van der Waals surface area contributed by atoms with Crippen molar-refractivity contribution in [2.45, 2.75) is 12.8 Å². The molecule has 1 fully saturated rings. The molecule has 9 nitrogen and oxygen atoms in total. The maximum Gasteiger partial charge on any atom is 0.231 e. The van der Waals surface area contributed by atoms with E-state index < -0.39 is 0 Å². The van der Waals surface area contributed by atoms with Gasteiger partial charge in [0.25, 0.3) is 0 Å². The molecule has 1 aliphatic rings. The quantitative estimate of drug-likeness (QED) is 0.753. The molecule has 0 spiro atoms. The summed E-state index contributed by atoms with van der Waals surface area (Å²) in [5.74, 6) is 1.34. The van der Waals surface area contributed by atoms with Crippen molar-refractivity contribution >= 4 is 28.2 Å². The lowest BCUT2D eigenvalue weighted by molar-refractivity contribution is -0.120. The van der Waals surface area contributed by atoms with Crippen LogP contribution in [0.1, 0.15) is 12.8 Å². The van der Waals surface area contributed by atoms with Gasteiger partial charge in [0, 0.05) is 30.7 Å². The maximum atomic E-state index is 12.5. The summed E-state index contributed by atoms with van der Waals surface area (Å²) in [6.45, 7) is 1.47. The van der Waals surface area contributed by atoms with E-state index in [1.54, 1.807) is 17.2 Å². The van der Waals surface area contributed by atoms with E-state index in [0.29, 0.717) is 17.5 Å². The molecule has 128 valence electrons. The third-order valence-electron chi connectivity index (χ3n) is 4.07. The third-order valence-corrected chi connectivity index (χ3v) is 4.76. The predicted octanol–water partition coefficient (Wildman–Crippen LogP) is 1.37. The van der Waals surface area contributed by atoms with Gasteiger partial charge in [0.15, 0.2) is 10.9 Å². The number of piperidine rings is 1. The lowest BCUT2D eigenvalue weighted by Gasteiger charge is -2.32. The highest BCUT2D eigenvalue weighted by Gasteiger charge is 2.27. The van der Waals surface area contributed by atoms with E-state index in [1.165, 1.54) is 24.0 Å². The number of thiazole rings is 1. The summed E-state index contributed by atoms with van der Waals surface area (Å²) in [6.07, 6.45) is 8.02. The molecule has 25 heavy (non-hydrogen) atoms. The summed E-state index contributed by atoms with van der Waals surface area (Å²) in [4.78, 5) is 31.2. The number of nitrogens with zero attached hydrogens (tertiary/aromatic N) is 7. The number of carbonyl (C=O) groups excluding carboxylic acids is 1. The molecule has 1 atom stereocenters. The number of rotatable bonds is 4. The molecule has 0 saturated carbocycles. The number of carbonyl (C=O) groups is 1. The molecule has 3 aromatic rings. The molecule has 0 bridgehead atoms. The largest absolute Gasteiger partial charge is 0.356 e. The van der Waals surface area contributed by atoms with Crippen LogP contribution in [0.2, 0.25) is 0 Å². The Labute approximate surface area is 147 Å². The molecule has 1 unspecified atom stereocenters. The minimum atomic E-state index is -0.0950. The molecule has 0 aromatic carbocycles. The number of aromatic nitrogens is 6. The molecule has 4 rings (SSSR count). The fourth-order valence-corrected chi connectivity index (χ4v) is 3.39. The van der Waals surface area contributed by atoms with Crippen LogP contribution in [0.3, 0.4) is 0 Å². The fraction of sp³-hybridized carbons (Fsp3) is 0.333. The topological polar surface area (TPSA) is 102 Å². The summed E-state index contributed by atoms with van der Waals surface area (Å²) >= 11 is 1.42. The van der Waals surface area contributed by atoms with Crippen molar-refractivity contribution in [3.05, 3.63) is 36.6 Å². The predicted molar refractivity (Wildman–Crippen MR) is 92.6 cm³/mol. The summed E-state index contributed by atoms with van der Waals surface area (Å²) < 4.78 is 1.59. The summed E-state index contributed by atoms with van der Waals surface area (Å²) in [6, 6.07) is 1.86. The van der Waals surface area contributed by atoms with Gasteiger partial charge < -0.3 is 10.2 Å². The van der Waals surface area contributed by atoms with E-state index in [1.807, 2.05) is 11.4 Å². The van der Waals surface area contributed by atoms with Gasteiger partial charge in [-0.3, -0.25) is 4.79 Å². The smallest absolute Gasteiger partial charge is 0.231 e. The van der Waals surface area contributed by atoms with Crippen LogP contribution in [0.4, 0.5) is 10.9 Å². The van der Waals surface area contributed by atoms with E-state index in [-0.39, 0.29) is 11.8 Å². The van der Waals surface area contributed by atoms with Crippen molar-refractivity contribution in [3.8, 4) is 5.82 Å². The Balaban J connectivity index is 1.48. The standard InChI is InChI=1S/C15H16N8OS/c24-14(21-15-17-3-5-25-15)11-2-1-4-22(7-11)12-6-13(19-9-18-12)23-10-16-8-20-23/h3,5-6,8-11H,1-2,4,7H2,(H,17,21,24). The highest BCUT2D eigenvalue weighted by atomic mass is 32.1. The first-order valence-electron chi connectivity index (χ1n) is 7.92. The van der Waals surface area contributed by atoms with Gasteiger partial charge >= 0.3 is 0 Å². The van der Waals surface area contributed by atoms with Crippen molar-refractivity contribution in [2.24, 2.45) is 5.92 Å². The van der Waals surface area contributed by atoms with Crippen LogP contribution in [0.5, 0.6) is 0 Å². The van der Waals surface area contributed by atoms with Crippen LogP contribution >= 0.6 is 11.3 Å². The molecule has 4 heterocycles. The Hall–Kier alpha value is -2.88. The summed E-state index contributed by atoms with van der Waals surface area (Å²) in [5.41, 5.74) is 0. The summed E-state index contributed by atoms with van der Waals surface area (Å²) in [7, 11) is 0. The Morgan fingerprint density at radius 3 is 2.96 bits per heavy atom. The second-order valence-corrected chi connectivity index (χ2v) is 6.58. The van der Waals surface area contributed by atoms with E-state index >= 15 is 0 Å². The Kier molecular flexibility index (Phi) is 4.34. The summed E-state index contributed by atoms with van der Waals surface area (Å²) in [5, 5.41) is 9.45. The number of amides is 1. The molecular weight excluding hydrogens is 340 g/mol. The highest BCUT2D eigenvalue weighted by Crippen LogP contribution is 2.24. The van der Waals surface area contributed by atoms with Gasteiger partial charge in [-0.2, -0.15) is 5.10 Å². The van der Waals surface area contributed by atoms with Crippen molar-refractivity contribution < 1.29 is 4.79 Å². The van der Waals surface area contributed by atoms with E-state index in [0.717, 1.165) is 25.2 Å². The van der Waals surface area contributed by atoms with Crippen molar-refractivity contribution in [1.82, 2.24) is 29.7 Å². The average molecular weight is 356 g/mol. The Bertz CT molecular complexity index is 835. The lowest BCUT2D eigenvalue weighted by atomic mass is 9.97. The molecular formula is C15H16N8OS. The van der Waals surface area contributed by atoms with Crippen LogP contribution < -0.4 is 10.2 Å². The number of hydrogen-bond donors (Lipinski definition) is 1. The van der Waals surface area contributed by atoms with Crippen LogP contribution in [0.25, 0.3) is 5.82 Å². The van der Waals surface area contributed by atoms with Gasteiger partial charge in [-0.15, -0.1) is 11.3 Å². The zero-order valence-electron chi connectivity index (χ0n) is 13.3. The van der Waals surface area contributed by atoms with Gasteiger partial charge in [0.1, 0.15) is 24.8 Å². The van der Waals surface area contributed by atoms with Crippen molar-refractivity contribution in [3.63, 3.8) is 0 Å². The zero-order chi connectivity index (χ0) is 17.1. The molecule has 0 aliphatic carbocycles. The SMILES string of the molecule is O=C(Nc1nccs1)C1CCCN(c2cc(-n3cncn3)ncn2)C1. The first-order chi connectivity index (χ1) is 12.3. The lowest BCUT2D eigenvalue weighted by Crippen LogP contribution is -2.41. The van der Waals surface area contributed by atoms with Crippen molar-refractivity contribution in [1.29, 1.82) is 0 Å². The molecule has 1 aliphatic heterocycles. The molecule has 0 radical (unpaired) electrons. The van der Waals surface area contributed by atoms with E-state index in [9.17, 15) is 4.79 Å². The zero-order valence-corrected chi connectivity index (χ0v) is 14.1. The number of hydrogen-bond acceptors (Lipinski definition) is 8. The number of nitrogens with one attached hydrogen (secondary N) is 1. The van der Waals surface area contributed by atoms with E-state index in [2.05, 4.69) is 35.3 Å². The van der Waals surface area contributed by atoms with Crippen LogP contribution in [0.15, 0.2) is 36.6 Å². The molecule has 3 aromatic heterocycles. The van der Waals surface area contributed by atoms with Gasteiger partial charge in [-0.05, 0) is 12.8 Å². The highest BCUT2D eigenvalue weighted by molar-refractivity contribution is 7.13. The van der Waals surface area contributed by atoms with Gasteiger partial charge in [0.2, 0.25) is 5.91 Å². The van der Waals surface area contributed by atoms with Crippen molar-refractivity contribution in [2.75, 3.05) is 23.3 Å². The monoisotopic (exact) mass is 356 g/mol. The minimum absolute atomic E-state index is 0.00482. The molecule has 1 amide bonds. The molecule has 1 saturated heterocycles. The first kappa shape index (κ1) is 15.6. The van der Waals surface area contributed by atoms with Gasteiger partial charge in [-0.1, -0.05) is 0 Å². The van der Waals surface area contributed by atoms with Crippen LogP contribution in [0, 0.1) is 5.92 Å². The fourth-order valence-electron chi connectivity index (χ4n) is 2.85. The normalized spacial score (nSPS) is 17.4. The van der Waals surface area contributed by atoms with Gasteiger partial charge in [0.05, 0.1) is 5.92 Å². The molecule has 10 heteroatoms. The Morgan fingerprint density at radius 1 is 1.24 bits per heavy atom. The molecule has 1 N–H and O–H groups in total. The second-order valence-electron chi connectivity index (χ2n) is 5.69. The van der Waals surface area contributed by atoms with Gasteiger partial charge in [-0.25, -0.2) is 24.6 Å². The van der Waals surface area contributed by atoms with Crippen LogP contribution in [-0.4, -0.2) is 48.7 Å². The van der Waals surface area contributed by atoms with Crippen LogP contribution in [-0.2, 0) is 4.79 Å². The first-order valence-corrected chi connectivity index (χ1v) is 8.80. The third kappa shape index (κ3) is 3.48. The van der Waals surface area contributed by atoms with E-state index in [4.69, 9.17) is 0 Å². The maximum absolute atomic E-state index is 12.5. The average Bonchev–Trinajstić information content (AvgIpc) is 3.36. The minimum Gasteiger partial charge on any atom is -0.356 e. The Morgan fingerprint density at radius 2 is 2.16 bits per heavy atom. The second kappa shape index (κ2) is 6.93.